The molecule has 1 amide bonds. The highest BCUT2D eigenvalue weighted by Gasteiger charge is 2.39. The number of carbonyl (C=O) groups excluding carboxylic acids is 1. The number of hydrogen-bond acceptors (Lipinski definition) is 4. The van der Waals surface area contributed by atoms with Gasteiger partial charge in [0.15, 0.2) is 0 Å². The second-order valence-corrected chi connectivity index (χ2v) is 9.07. The van der Waals surface area contributed by atoms with Crippen molar-refractivity contribution >= 4 is 15.9 Å². The van der Waals surface area contributed by atoms with Gasteiger partial charge in [-0.15, -0.1) is 0 Å². The number of piperidine rings is 1. The maximum absolute atomic E-state index is 12.9. The average Bonchev–Trinajstić information content (AvgIpc) is 3.39. The van der Waals surface area contributed by atoms with E-state index in [1.54, 1.807) is 0 Å². The highest BCUT2D eigenvalue weighted by atomic mass is 32.2. The number of piperazine rings is 1. The van der Waals surface area contributed by atoms with Crippen LogP contribution in [0.1, 0.15) is 45.4 Å². The molecule has 7 heteroatoms. The van der Waals surface area contributed by atoms with E-state index in [1.807, 2.05) is 11.8 Å². The van der Waals surface area contributed by atoms with Gasteiger partial charge in [-0.05, 0) is 32.1 Å². The summed E-state index contributed by atoms with van der Waals surface area (Å²) in [5, 5.41) is 0. The van der Waals surface area contributed by atoms with Gasteiger partial charge < -0.3 is 4.90 Å². The van der Waals surface area contributed by atoms with Gasteiger partial charge in [-0.25, -0.2) is 8.42 Å². The van der Waals surface area contributed by atoms with Gasteiger partial charge in [-0.1, -0.05) is 13.3 Å². The van der Waals surface area contributed by atoms with E-state index in [1.165, 1.54) is 17.1 Å². The predicted molar refractivity (Wildman–Crippen MR) is 89.6 cm³/mol. The lowest BCUT2D eigenvalue weighted by molar-refractivity contribution is -0.138. The van der Waals surface area contributed by atoms with Crippen LogP contribution >= 0.6 is 0 Å². The van der Waals surface area contributed by atoms with E-state index in [0.717, 1.165) is 45.1 Å². The van der Waals surface area contributed by atoms with Gasteiger partial charge >= 0.3 is 0 Å². The summed E-state index contributed by atoms with van der Waals surface area (Å²) in [6.07, 6.45) is 5.66. The molecule has 23 heavy (non-hydrogen) atoms. The van der Waals surface area contributed by atoms with Crippen molar-refractivity contribution in [3.8, 4) is 0 Å². The van der Waals surface area contributed by atoms with Crippen molar-refractivity contribution in [2.75, 3.05) is 38.5 Å². The van der Waals surface area contributed by atoms with E-state index < -0.39 is 16.1 Å². The number of carbonyl (C=O) groups is 1. The van der Waals surface area contributed by atoms with E-state index in [4.69, 9.17) is 0 Å². The minimum atomic E-state index is -3.31. The monoisotopic (exact) mass is 343 g/mol. The zero-order valence-corrected chi connectivity index (χ0v) is 14.9. The molecular formula is C16H29N3O3S. The molecule has 0 N–H and O–H groups in total. The Hall–Kier alpha value is -0.660. The minimum absolute atomic E-state index is 0.0276. The molecule has 0 radical (unpaired) electrons. The van der Waals surface area contributed by atoms with Crippen LogP contribution in [0, 0.1) is 0 Å². The number of nitrogens with zero attached hydrogens (tertiary/aromatic N) is 3. The van der Waals surface area contributed by atoms with Gasteiger partial charge in [0, 0.05) is 38.8 Å². The zero-order valence-electron chi connectivity index (χ0n) is 14.1. The first-order valence-corrected chi connectivity index (χ1v) is 10.7. The van der Waals surface area contributed by atoms with Crippen LogP contribution in [0.15, 0.2) is 0 Å². The third-order valence-electron chi connectivity index (χ3n) is 5.25. The summed E-state index contributed by atoms with van der Waals surface area (Å²) in [7, 11) is -3.31. The summed E-state index contributed by atoms with van der Waals surface area (Å²) in [5.74, 6) is 0.173. The molecule has 1 saturated carbocycles. The molecule has 0 aromatic rings. The van der Waals surface area contributed by atoms with Crippen LogP contribution < -0.4 is 0 Å². The van der Waals surface area contributed by atoms with Gasteiger partial charge in [0.1, 0.15) is 6.04 Å². The number of hydrogen-bond donors (Lipinski definition) is 0. The summed E-state index contributed by atoms with van der Waals surface area (Å²) in [5.41, 5.74) is 0. The third kappa shape index (κ3) is 3.88. The summed E-state index contributed by atoms with van der Waals surface area (Å²) in [6, 6.07) is 0.274. The van der Waals surface area contributed by atoms with Gasteiger partial charge in [-0.3, -0.25) is 9.69 Å². The Morgan fingerprint density at radius 2 is 1.70 bits per heavy atom. The Bertz CT molecular complexity index is 525. The predicted octanol–water partition coefficient (Wildman–Crippen LogP) is 0.887. The molecule has 3 rings (SSSR count). The van der Waals surface area contributed by atoms with E-state index >= 15 is 0 Å². The highest BCUT2D eigenvalue weighted by Crippen LogP contribution is 2.28. The van der Waals surface area contributed by atoms with E-state index in [9.17, 15) is 13.2 Å². The second-order valence-electron chi connectivity index (χ2n) is 7.03. The lowest BCUT2D eigenvalue weighted by atomic mass is 10.0. The molecule has 1 unspecified atom stereocenters. The molecule has 1 atom stereocenters. The fraction of sp³-hybridized carbons (Fsp3) is 0.938. The van der Waals surface area contributed by atoms with E-state index in [0.29, 0.717) is 19.4 Å². The van der Waals surface area contributed by atoms with Crippen molar-refractivity contribution in [1.82, 2.24) is 14.1 Å². The van der Waals surface area contributed by atoms with Crippen LogP contribution in [0.3, 0.4) is 0 Å². The van der Waals surface area contributed by atoms with Crippen molar-refractivity contribution in [3.63, 3.8) is 0 Å². The first-order valence-electron chi connectivity index (χ1n) is 9.05. The van der Waals surface area contributed by atoms with Gasteiger partial charge in [0.05, 0.1) is 5.75 Å². The maximum Gasteiger partial charge on any atom is 0.241 e. The molecule has 1 aliphatic carbocycles. The Morgan fingerprint density at radius 3 is 2.30 bits per heavy atom. The van der Waals surface area contributed by atoms with Crippen molar-refractivity contribution in [1.29, 1.82) is 0 Å². The molecule has 132 valence electrons. The van der Waals surface area contributed by atoms with Crippen LogP contribution in [-0.4, -0.2) is 79.0 Å². The summed E-state index contributed by atoms with van der Waals surface area (Å²) < 4.78 is 26.5. The molecule has 3 fully saturated rings. The normalized spacial score (nSPS) is 28.0. The molecule has 0 aromatic heterocycles. The molecular weight excluding hydrogens is 314 g/mol. The van der Waals surface area contributed by atoms with Gasteiger partial charge in [0.2, 0.25) is 15.9 Å². The summed E-state index contributed by atoms with van der Waals surface area (Å²) in [4.78, 5) is 17.3. The van der Waals surface area contributed by atoms with Crippen molar-refractivity contribution < 1.29 is 13.2 Å². The minimum Gasteiger partial charge on any atom is -0.339 e. The Balaban J connectivity index is 1.64. The van der Waals surface area contributed by atoms with Crippen LogP contribution in [0.2, 0.25) is 0 Å². The van der Waals surface area contributed by atoms with Crippen LogP contribution in [0.4, 0.5) is 0 Å². The number of sulfonamides is 1. The Labute approximate surface area is 139 Å². The Morgan fingerprint density at radius 1 is 1.00 bits per heavy atom. The molecule has 2 aliphatic heterocycles. The van der Waals surface area contributed by atoms with Crippen molar-refractivity contribution in [3.05, 3.63) is 0 Å². The first-order chi connectivity index (χ1) is 11.0. The smallest absolute Gasteiger partial charge is 0.241 e. The molecule has 0 bridgehead atoms. The van der Waals surface area contributed by atoms with Crippen LogP contribution in [0.5, 0.6) is 0 Å². The first kappa shape index (κ1) is 17.2. The molecule has 2 heterocycles. The zero-order chi connectivity index (χ0) is 16.4. The largest absolute Gasteiger partial charge is 0.339 e. The van der Waals surface area contributed by atoms with Crippen LogP contribution in [-0.2, 0) is 14.8 Å². The molecule has 2 saturated heterocycles. The standard InChI is InChI=1S/C16H29N3O3S/c1-2-13-23(21,22)19-8-4-3-5-15(19)16(20)18-11-9-17(10-12-18)14-6-7-14/h14-15H,2-13H2,1H3. The second kappa shape index (κ2) is 7.07. The topological polar surface area (TPSA) is 60.9 Å². The quantitative estimate of drug-likeness (QED) is 0.744. The fourth-order valence-electron chi connectivity index (χ4n) is 3.82. The van der Waals surface area contributed by atoms with E-state index in [2.05, 4.69) is 4.90 Å². The van der Waals surface area contributed by atoms with Gasteiger partial charge in [0.25, 0.3) is 0 Å². The summed E-state index contributed by atoms with van der Waals surface area (Å²) >= 11 is 0. The van der Waals surface area contributed by atoms with Crippen molar-refractivity contribution in [2.45, 2.75) is 57.5 Å². The summed E-state index contributed by atoms with van der Waals surface area (Å²) in [6.45, 7) is 5.73. The lowest BCUT2D eigenvalue weighted by Crippen LogP contribution is -2.57. The van der Waals surface area contributed by atoms with Gasteiger partial charge in [-0.2, -0.15) is 4.31 Å². The molecule has 0 spiro atoms. The molecule has 0 aromatic carbocycles. The highest BCUT2D eigenvalue weighted by molar-refractivity contribution is 7.89. The van der Waals surface area contributed by atoms with Crippen molar-refractivity contribution in [2.24, 2.45) is 0 Å². The lowest BCUT2D eigenvalue weighted by Gasteiger charge is -2.40. The fourth-order valence-corrected chi connectivity index (χ4v) is 5.56. The molecule has 3 aliphatic rings. The number of amides is 1. The van der Waals surface area contributed by atoms with Crippen LogP contribution in [0.25, 0.3) is 0 Å². The average molecular weight is 343 g/mol. The Kier molecular flexibility index (Phi) is 5.28. The molecule has 6 nitrogen and oxygen atoms in total. The number of rotatable bonds is 5. The SMILES string of the molecule is CCCS(=O)(=O)N1CCCCC1C(=O)N1CCN(C2CC2)CC1. The maximum atomic E-state index is 12.9. The third-order valence-corrected chi connectivity index (χ3v) is 7.32. The van der Waals surface area contributed by atoms with E-state index in [-0.39, 0.29) is 11.7 Å².